The molecule has 0 atom stereocenters. The summed E-state index contributed by atoms with van der Waals surface area (Å²) in [4.78, 5) is 18.2. The molecule has 0 aliphatic heterocycles. The highest BCUT2D eigenvalue weighted by Gasteiger charge is 2.10. The lowest BCUT2D eigenvalue weighted by Crippen LogP contribution is -1.99. The Kier molecular flexibility index (Phi) is 2.28. The molecule has 0 radical (unpaired) electrons. The number of carboxylic acid groups (broad SMARTS) is 1. The van der Waals surface area contributed by atoms with Crippen LogP contribution in [0.5, 0.6) is 0 Å². The van der Waals surface area contributed by atoms with Crippen molar-refractivity contribution < 1.29 is 14.3 Å². The minimum atomic E-state index is -0.961. The number of aliphatic carboxylic acids is 1. The molecule has 2 rings (SSSR count). The Morgan fingerprint density at radius 1 is 1.57 bits per heavy atom. The summed E-state index contributed by atoms with van der Waals surface area (Å²) in [6, 6.07) is 0. The van der Waals surface area contributed by atoms with Crippen LogP contribution in [0.15, 0.2) is 21.5 Å². The predicted molar refractivity (Wildman–Crippen MR) is 49.0 cm³/mol. The summed E-state index contributed by atoms with van der Waals surface area (Å²) in [5.41, 5.74) is 2.36. The number of carbonyl (C=O) groups is 1. The van der Waals surface area contributed by atoms with Crippen LogP contribution in [-0.2, 0) is 11.2 Å². The van der Waals surface area contributed by atoms with Crippen molar-refractivity contribution in [3.63, 3.8) is 0 Å². The van der Waals surface area contributed by atoms with Crippen molar-refractivity contribution in [2.75, 3.05) is 0 Å². The molecule has 0 amide bonds. The molecule has 0 aliphatic carbocycles. The lowest BCUT2D eigenvalue weighted by Gasteiger charge is -1.88. The van der Waals surface area contributed by atoms with E-state index in [1.165, 1.54) is 17.5 Å². The maximum absolute atomic E-state index is 10.4. The molecule has 5 nitrogen and oxygen atoms in total. The first kappa shape index (κ1) is 8.89. The van der Waals surface area contributed by atoms with E-state index in [4.69, 9.17) is 9.52 Å². The van der Waals surface area contributed by atoms with Gasteiger partial charge in [-0.3, -0.25) is 4.79 Å². The quantitative estimate of drug-likeness (QED) is 0.829. The Bertz CT molecular complexity index is 435. The second kappa shape index (κ2) is 3.59. The van der Waals surface area contributed by atoms with Crippen LogP contribution in [0.3, 0.4) is 0 Å². The fraction of sp³-hybridized carbons (Fsp3) is 0.125. The van der Waals surface area contributed by atoms with E-state index in [-0.39, 0.29) is 12.3 Å². The van der Waals surface area contributed by atoms with E-state index >= 15 is 0 Å². The summed E-state index contributed by atoms with van der Waals surface area (Å²) in [6.45, 7) is 0. The molecule has 0 saturated heterocycles. The highest BCUT2D eigenvalue weighted by atomic mass is 32.1. The van der Waals surface area contributed by atoms with Crippen molar-refractivity contribution >= 4 is 17.3 Å². The summed E-state index contributed by atoms with van der Waals surface area (Å²) in [5, 5.41) is 10.3. The van der Waals surface area contributed by atoms with Gasteiger partial charge in [-0.1, -0.05) is 0 Å². The molecule has 0 aliphatic rings. The Hall–Kier alpha value is -1.69. The highest BCUT2D eigenvalue weighted by molar-refractivity contribution is 7.07. The maximum atomic E-state index is 10.4. The van der Waals surface area contributed by atoms with Crippen molar-refractivity contribution in [3.05, 3.63) is 23.0 Å². The standard InChI is InChI=1S/C8H6N2O3S/c11-8(12)1-7-9-2-6(13-7)5-3-14-4-10-5/h2-4H,1H2,(H,11,12). The largest absolute Gasteiger partial charge is 0.481 e. The number of oxazole rings is 1. The van der Waals surface area contributed by atoms with Crippen LogP contribution in [0, 0.1) is 0 Å². The van der Waals surface area contributed by atoms with Gasteiger partial charge in [0.1, 0.15) is 12.1 Å². The molecular weight excluding hydrogens is 204 g/mol. The number of thiazole rings is 1. The fourth-order valence-corrected chi connectivity index (χ4v) is 1.52. The van der Waals surface area contributed by atoms with Crippen LogP contribution < -0.4 is 0 Å². The van der Waals surface area contributed by atoms with Gasteiger partial charge in [0.15, 0.2) is 5.76 Å². The van der Waals surface area contributed by atoms with E-state index < -0.39 is 5.97 Å². The third kappa shape index (κ3) is 1.80. The van der Waals surface area contributed by atoms with Crippen LogP contribution in [0.2, 0.25) is 0 Å². The highest BCUT2D eigenvalue weighted by Crippen LogP contribution is 2.19. The van der Waals surface area contributed by atoms with Gasteiger partial charge in [0, 0.05) is 5.38 Å². The van der Waals surface area contributed by atoms with Gasteiger partial charge < -0.3 is 9.52 Å². The first-order valence-electron chi connectivity index (χ1n) is 3.81. The minimum absolute atomic E-state index is 0.195. The Labute approximate surface area is 83.0 Å². The summed E-state index contributed by atoms with van der Waals surface area (Å²) < 4.78 is 5.19. The molecule has 0 spiro atoms. The minimum Gasteiger partial charge on any atom is -0.481 e. The van der Waals surface area contributed by atoms with Crippen LogP contribution in [0.4, 0.5) is 0 Å². The number of aromatic nitrogens is 2. The smallest absolute Gasteiger partial charge is 0.312 e. The maximum Gasteiger partial charge on any atom is 0.312 e. The van der Waals surface area contributed by atoms with Crippen LogP contribution in [-0.4, -0.2) is 21.0 Å². The van der Waals surface area contributed by atoms with Gasteiger partial charge in [0.2, 0.25) is 5.89 Å². The van der Waals surface area contributed by atoms with Gasteiger partial charge in [0.25, 0.3) is 0 Å². The molecule has 0 fully saturated rings. The van der Waals surface area contributed by atoms with Crippen LogP contribution in [0.1, 0.15) is 5.89 Å². The van der Waals surface area contributed by atoms with E-state index in [1.807, 2.05) is 5.38 Å². The second-order valence-corrected chi connectivity index (χ2v) is 3.28. The number of rotatable bonds is 3. The Morgan fingerprint density at radius 2 is 2.43 bits per heavy atom. The molecule has 14 heavy (non-hydrogen) atoms. The zero-order valence-electron chi connectivity index (χ0n) is 7.01. The van der Waals surface area contributed by atoms with Crippen molar-refractivity contribution in [3.8, 4) is 11.5 Å². The molecule has 0 saturated carbocycles. The molecule has 0 unspecified atom stereocenters. The van der Waals surface area contributed by atoms with Gasteiger partial charge in [-0.15, -0.1) is 11.3 Å². The molecule has 0 aromatic carbocycles. The van der Waals surface area contributed by atoms with Crippen molar-refractivity contribution in [1.29, 1.82) is 0 Å². The predicted octanol–water partition coefficient (Wildman–Crippen LogP) is 1.43. The average molecular weight is 210 g/mol. The molecule has 6 heteroatoms. The fourth-order valence-electron chi connectivity index (χ4n) is 0.974. The van der Waals surface area contributed by atoms with Crippen LogP contribution in [0.25, 0.3) is 11.5 Å². The first-order chi connectivity index (χ1) is 6.75. The second-order valence-electron chi connectivity index (χ2n) is 2.56. The number of carboxylic acids is 1. The number of hydrogen-bond donors (Lipinski definition) is 1. The molecule has 72 valence electrons. The number of hydrogen-bond acceptors (Lipinski definition) is 5. The normalized spacial score (nSPS) is 10.3. The monoisotopic (exact) mass is 210 g/mol. The first-order valence-corrected chi connectivity index (χ1v) is 4.75. The lowest BCUT2D eigenvalue weighted by molar-refractivity contribution is -0.136. The molecule has 1 N–H and O–H groups in total. The zero-order valence-corrected chi connectivity index (χ0v) is 7.82. The van der Waals surface area contributed by atoms with Crippen molar-refractivity contribution in [2.24, 2.45) is 0 Å². The van der Waals surface area contributed by atoms with Gasteiger partial charge in [-0.05, 0) is 0 Å². The van der Waals surface area contributed by atoms with E-state index in [0.717, 1.165) is 0 Å². The van der Waals surface area contributed by atoms with Crippen molar-refractivity contribution in [1.82, 2.24) is 9.97 Å². The summed E-state index contributed by atoms with van der Waals surface area (Å²) >= 11 is 1.44. The van der Waals surface area contributed by atoms with E-state index in [0.29, 0.717) is 11.5 Å². The molecule has 2 aromatic rings. The Balaban J connectivity index is 2.22. The average Bonchev–Trinajstić information content (AvgIpc) is 2.69. The van der Waals surface area contributed by atoms with Gasteiger partial charge in [-0.25, -0.2) is 9.97 Å². The van der Waals surface area contributed by atoms with Gasteiger partial charge in [-0.2, -0.15) is 0 Å². The lowest BCUT2D eigenvalue weighted by atomic mass is 10.4. The molecule has 0 bridgehead atoms. The van der Waals surface area contributed by atoms with E-state index in [9.17, 15) is 4.79 Å². The van der Waals surface area contributed by atoms with E-state index in [1.54, 1.807) is 5.51 Å². The third-order valence-electron chi connectivity index (χ3n) is 1.54. The zero-order chi connectivity index (χ0) is 9.97. The Morgan fingerprint density at radius 3 is 3.07 bits per heavy atom. The van der Waals surface area contributed by atoms with E-state index in [2.05, 4.69) is 9.97 Å². The van der Waals surface area contributed by atoms with Gasteiger partial charge >= 0.3 is 5.97 Å². The van der Waals surface area contributed by atoms with Crippen LogP contribution >= 0.6 is 11.3 Å². The van der Waals surface area contributed by atoms with Crippen molar-refractivity contribution in [2.45, 2.75) is 6.42 Å². The summed E-state index contributed by atoms with van der Waals surface area (Å²) in [6.07, 6.45) is 1.28. The molecule has 2 heterocycles. The van der Waals surface area contributed by atoms with Gasteiger partial charge in [0.05, 0.1) is 11.7 Å². The molecular formula is C8H6N2O3S. The third-order valence-corrected chi connectivity index (χ3v) is 2.13. The summed E-state index contributed by atoms with van der Waals surface area (Å²) in [5.74, 6) is -0.264. The molecule has 2 aromatic heterocycles. The SMILES string of the molecule is O=C(O)Cc1ncc(-c2cscn2)o1. The summed E-state index contributed by atoms with van der Waals surface area (Å²) in [7, 11) is 0. The topological polar surface area (TPSA) is 76.2 Å². The number of nitrogens with zero attached hydrogens (tertiary/aromatic N) is 2.